The molecule has 0 radical (unpaired) electrons. The number of nitrogens with one attached hydrogen (secondary N) is 1. The van der Waals surface area contributed by atoms with Gasteiger partial charge in [-0.3, -0.25) is 0 Å². The second-order valence-corrected chi connectivity index (χ2v) is 5.32. The number of hydrogen-bond acceptors (Lipinski definition) is 3. The van der Waals surface area contributed by atoms with E-state index in [1.807, 2.05) is 0 Å². The Morgan fingerprint density at radius 3 is 2.53 bits per heavy atom. The number of nitrogens with two attached hydrogens (primary N) is 1. The Bertz CT molecular complexity index is 196. The van der Waals surface area contributed by atoms with Gasteiger partial charge in [0.15, 0.2) is 0 Å². The van der Waals surface area contributed by atoms with Crippen LogP contribution in [0.1, 0.15) is 38.5 Å². The molecule has 3 N–H and O–H groups in total. The van der Waals surface area contributed by atoms with Crippen LogP contribution in [0.5, 0.6) is 0 Å². The summed E-state index contributed by atoms with van der Waals surface area (Å²) in [4.78, 5) is 0. The van der Waals surface area contributed by atoms with Crippen LogP contribution in [0.25, 0.3) is 0 Å². The monoisotopic (exact) mass is 212 g/mol. The Balaban J connectivity index is 1.68. The van der Waals surface area contributed by atoms with Gasteiger partial charge in [-0.2, -0.15) is 0 Å². The topological polar surface area (TPSA) is 47.3 Å². The third-order valence-electron chi connectivity index (χ3n) is 4.29. The van der Waals surface area contributed by atoms with E-state index in [1.54, 1.807) is 7.11 Å². The molecule has 2 rings (SSSR count). The summed E-state index contributed by atoms with van der Waals surface area (Å²) in [5.74, 6) is 0. The zero-order valence-corrected chi connectivity index (χ0v) is 9.80. The lowest BCUT2D eigenvalue weighted by Crippen LogP contribution is -2.49. The maximum atomic E-state index is 5.90. The van der Waals surface area contributed by atoms with E-state index in [0.29, 0.717) is 17.6 Å². The second kappa shape index (κ2) is 4.81. The molecule has 0 unspecified atom stereocenters. The first-order valence-electron chi connectivity index (χ1n) is 6.24. The minimum Gasteiger partial charge on any atom is -0.381 e. The summed E-state index contributed by atoms with van der Waals surface area (Å²) >= 11 is 0. The minimum absolute atomic E-state index is 0.415. The highest BCUT2D eigenvalue weighted by molar-refractivity contribution is 4.92. The van der Waals surface area contributed by atoms with E-state index in [-0.39, 0.29) is 0 Å². The molecule has 0 spiro atoms. The molecule has 2 saturated carbocycles. The Kier molecular flexibility index (Phi) is 3.65. The largest absolute Gasteiger partial charge is 0.381 e. The van der Waals surface area contributed by atoms with Crippen LogP contribution >= 0.6 is 0 Å². The van der Waals surface area contributed by atoms with Crippen molar-refractivity contribution in [1.29, 1.82) is 0 Å². The van der Waals surface area contributed by atoms with Crippen molar-refractivity contribution in [2.75, 3.05) is 20.2 Å². The van der Waals surface area contributed by atoms with E-state index in [2.05, 4.69) is 5.32 Å². The normalized spacial score (nSPS) is 34.0. The molecule has 0 heterocycles. The van der Waals surface area contributed by atoms with Gasteiger partial charge in [0.25, 0.3) is 0 Å². The van der Waals surface area contributed by atoms with Crippen molar-refractivity contribution in [1.82, 2.24) is 5.32 Å². The van der Waals surface area contributed by atoms with Crippen LogP contribution in [0, 0.1) is 5.41 Å². The molecule has 0 aliphatic heterocycles. The first kappa shape index (κ1) is 11.4. The van der Waals surface area contributed by atoms with Gasteiger partial charge in [0, 0.05) is 19.7 Å². The zero-order chi connectivity index (χ0) is 10.7. The quantitative estimate of drug-likeness (QED) is 0.721. The van der Waals surface area contributed by atoms with E-state index < -0.39 is 0 Å². The Morgan fingerprint density at radius 2 is 2.00 bits per heavy atom. The van der Waals surface area contributed by atoms with E-state index >= 15 is 0 Å². The molecule has 0 amide bonds. The summed E-state index contributed by atoms with van der Waals surface area (Å²) in [6.45, 7) is 1.96. The molecule has 0 atom stereocenters. The van der Waals surface area contributed by atoms with Crippen LogP contribution < -0.4 is 11.1 Å². The van der Waals surface area contributed by atoms with Crippen LogP contribution in [0.3, 0.4) is 0 Å². The van der Waals surface area contributed by atoms with Crippen molar-refractivity contribution in [2.24, 2.45) is 11.1 Å². The number of ether oxygens (including phenoxy) is 1. The number of methoxy groups -OCH3 is 1. The molecule has 3 heteroatoms. The highest BCUT2D eigenvalue weighted by atomic mass is 16.5. The third kappa shape index (κ3) is 2.52. The maximum Gasteiger partial charge on any atom is 0.0601 e. The smallest absolute Gasteiger partial charge is 0.0601 e. The summed E-state index contributed by atoms with van der Waals surface area (Å²) in [7, 11) is 1.80. The minimum atomic E-state index is 0.415. The fraction of sp³-hybridized carbons (Fsp3) is 1.00. The second-order valence-electron chi connectivity index (χ2n) is 5.32. The van der Waals surface area contributed by atoms with Crippen molar-refractivity contribution in [3.05, 3.63) is 0 Å². The van der Waals surface area contributed by atoms with E-state index in [1.165, 1.54) is 38.5 Å². The van der Waals surface area contributed by atoms with Crippen LogP contribution in [0.15, 0.2) is 0 Å². The molecule has 0 aromatic heterocycles. The maximum absolute atomic E-state index is 5.90. The van der Waals surface area contributed by atoms with Crippen LogP contribution in [-0.2, 0) is 4.74 Å². The standard InChI is InChI=1S/C12H24N2O/c1-15-11-6-10(7-11)14-9-12(8-13)4-2-3-5-12/h10-11,14H,2-9,13H2,1H3. The molecule has 15 heavy (non-hydrogen) atoms. The first-order valence-corrected chi connectivity index (χ1v) is 6.24. The van der Waals surface area contributed by atoms with Gasteiger partial charge >= 0.3 is 0 Å². The third-order valence-corrected chi connectivity index (χ3v) is 4.29. The Labute approximate surface area is 92.7 Å². The highest BCUT2D eigenvalue weighted by Gasteiger charge is 2.35. The van der Waals surface area contributed by atoms with Crippen LogP contribution in [0.4, 0.5) is 0 Å². The molecule has 0 aromatic carbocycles. The summed E-state index contributed by atoms with van der Waals surface area (Å²) in [5.41, 5.74) is 6.32. The van der Waals surface area contributed by atoms with Crippen LogP contribution in [-0.4, -0.2) is 32.3 Å². The molecule has 3 nitrogen and oxygen atoms in total. The van der Waals surface area contributed by atoms with Gasteiger partial charge in [-0.25, -0.2) is 0 Å². The van der Waals surface area contributed by atoms with Crippen molar-refractivity contribution in [2.45, 2.75) is 50.7 Å². The lowest BCUT2D eigenvalue weighted by atomic mass is 9.83. The lowest BCUT2D eigenvalue weighted by molar-refractivity contribution is 0.0144. The summed E-state index contributed by atoms with van der Waals surface area (Å²) in [6.07, 6.45) is 8.22. The van der Waals surface area contributed by atoms with E-state index in [4.69, 9.17) is 10.5 Å². The van der Waals surface area contributed by atoms with Gasteiger partial charge in [-0.15, -0.1) is 0 Å². The molecule has 2 fully saturated rings. The highest BCUT2D eigenvalue weighted by Crippen LogP contribution is 2.37. The van der Waals surface area contributed by atoms with E-state index in [9.17, 15) is 0 Å². The molecular weight excluding hydrogens is 188 g/mol. The van der Waals surface area contributed by atoms with Gasteiger partial charge in [0.05, 0.1) is 6.10 Å². The number of hydrogen-bond donors (Lipinski definition) is 2. The fourth-order valence-corrected chi connectivity index (χ4v) is 2.86. The van der Waals surface area contributed by atoms with Crippen molar-refractivity contribution >= 4 is 0 Å². The molecule has 2 aliphatic rings. The van der Waals surface area contributed by atoms with Gasteiger partial charge in [-0.1, -0.05) is 12.8 Å². The predicted octanol–water partition coefficient (Wildman–Crippen LogP) is 1.27. The first-order chi connectivity index (χ1) is 7.28. The molecule has 0 aromatic rings. The molecule has 0 saturated heterocycles. The van der Waals surface area contributed by atoms with Crippen LogP contribution in [0.2, 0.25) is 0 Å². The molecule has 88 valence electrons. The summed E-state index contributed by atoms with van der Waals surface area (Å²) in [6, 6.07) is 0.680. The van der Waals surface area contributed by atoms with Gasteiger partial charge in [0.2, 0.25) is 0 Å². The van der Waals surface area contributed by atoms with Crippen molar-refractivity contribution in [3.8, 4) is 0 Å². The SMILES string of the molecule is COC1CC(NCC2(CN)CCCC2)C1. The Hall–Kier alpha value is -0.120. The lowest BCUT2D eigenvalue weighted by Gasteiger charge is -2.38. The van der Waals surface area contributed by atoms with Crippen molar-refractivity contribution in [3.63, 3.8) is 0 Å². The van der Waals surface area contributed by atoms with Gasteiger partial charge in [-0.05, 0) is 37.6 Å². The predicted molar refractivity (Wildman–Crippen MR) is 61.8 cm³/mol. The fourth-order valence-electron chi connectivity index (χ4n) is 2.86. The molecule has 2 aliphatic carbocycles. The van der Waals surface area contributed by atoms with E-state index in [0.717, 1.165) is 13.1 Å². The van der Waals surface area contributed by atoms with Gasteiger partial charge in [0.1, 0.15) is 0 Å². The average Bonchev–Trinajstić information content (AvgIpc) is 2.65. The molecule has 0 bridgehead atoms. The molecular formula is C12H24N2O. The summed E-state index contributed by atoms with van der Waals surface area (Å²) in [5, 5.41) is 3.66. The van der Waals surface area contributed by atoms with Gasteiger partial charge < -0.3 is 15.8 Å². The Morgan fingerprint density at radius 1 is 1.33 bits per heavy atom. The van der Waals surface area contributed by atoms with Crippen molar-refractivity contribution < 1.29 is 4.74 Å². The number of rotatable bonds is 5. The zero-order valence-electron chi connectivity index (χ0n) is 9.80. The average molecular weight is 212 g/mol. The summed E-state index contributed by atoms with van der Waals surface area (Å²) < 4.78 is 5.27.